The average molecular weight is 337 g/mol. The topological polar surface area (TPSA) is 40.6 Å². The van der Waals surface area contributed by atoms with Crippen LogP contribution in [0.15, 0.2) is 28.7 Å². The second-order valence-corrected chi connectivity index (χ2v) is 6.17. The summed E-state index contributed by atoms with van der Waals surface area (Å²) in [4.78, 5) is 28.5. The predicted octanol–water partition coefficient (Wildman–Crippen LogP) is 2.42. The third kappa shape index (κ3) is 2.35. The third-order valence-electron chi connectivity index (χ3n) is 4.06. The van der Waals surface area contributed by atoms with Crippen molar-refractivity contribution in [3.05, 3.63) is 28.7 Å². The first kappa shape index (κ1) is 13.6. The van der Waals surface area contributed by atoms with Gasteiger partial charge in [0.15, 0.2) is 0 Å². The van der Waals surface area contributed by atoms with Gasteiger partial charge in [-0.2, -0.15) is 0 Å². The Balaban J connectivity index is 1.77. The fourth-order valence-electron chi connectivity index (χ4n) is 2.98. The van der Waals surface area contributed by atoms with Crippen molar-refractivity contribution < 1.29 is 9.59 Å². The fourth-order valence-corrected chi connectivity index (χ4v) is 3.48. The maximum atomic E-state index is 12.5. The van der Waals surface area contributed by atoms with Crippen molar-refractivity contribution in [2.45, 2.75) is 19.3 Å². The van der Waals surface area contributed by atoms with Gasteiger partial charge in [0.25, 0.3) is 0 Å². The van der Waals surface area contributed by atoms with Crippen LogP contribution in [0.1, 0.15) is 19.3 Å². The molecular formula is C15H17BrN2O2. The molecule has 106 valence electrons. The standard InChI is InChI=1S/C15H17BrN2O2/c16-12-5-1-2-6-13(12)18-10-7-11(15(18)20)14(19)17-8-3-4-9-17/h1-2,5-6,11H,3-4,7-10H2/t11-/m1/s1. The molecule has 3 rings (SSSR count). The molecule has 0 spiro atoms. The Morgan fingerprint density at radius 1 is 1.15 bits per heavy atom. The molecule has 2 heterocycles. The fraction of sp³-hybridized carbons (Fsp3) is 0.467. The van der Waals surface area contributed by atoms with Gasteiger partial charge in [-0.15, -0.1) is 0 Å². The SMILES string of the molecule is O=C([C@H]1CCN(c2ccccc2Br)C1=O)N1CCCC1. The number of carbonyl (C=O) groups excluding carboxylic acids is 2. The van der Waals surface area contributed by atoms with Gasteiger partial charge in [-0.05, 0) is 47.3 Å². The lowest BCUT2D eigenvalue weighted by Crippen LogP contribution is -2.38. The summed E-state index contributed by atoms with van der Waals surface area (Å²) in [6, 6.07) is 7.65. The minimum absolute atomic E-state index is 0.0158. The number of hydrogen-bond acceptors (Lipinski definition) is 2. The van der Waals surface area contributed by atoms with Crippen LogP contribution in [0.25, 0.3) is 0 Å². The van der Waals surface area contributed by atoms with Gasteiger partial charge in [0.1, 0.15) is 5.92 Å². The smallest absolute Gasteiger partial charge is 0.239 e. The number of hydrogen-bond donors (Lipinski definition) is 0. The number of anilines is 1. The van der Waals surface area contributed by atoms with E-state index in [1.807, 2.05) is 29.2 Å². The van der Waals surface area contributed by atoms with Crippen LogP contribution in [0.5, 0.6) is 0 Å². The van der Waals surface area contributed by atoms with E-state index >= 15 is 0 Å². The summed E-state index contributed by atoms with van der Waals surface area (Å²) in [5.41, 5.74) is 0.856. The van der Waals surface area contributed by atoms with Crippen LogP contribution in [0.4, 0.5) is 5.69 Å². The van der Waals surface area contributed by atoms with E-state index in [-0.39, 0.29) is 11.8 Å². The number of amides is 2. The first-order valence-electron chi connectivity index (χ1n) is 7.03. The van der Waals surface area contributed by atoms with Crippen molar-refractivity contribution in [1.29, 1.82) is 0 Å². The highest BCUT2D eigenvalue weighted by atomic mass is 79.9. The van der Waals surface area contributed by atoms with Gasteiger partial charge in [0.2, 0.25) is 11.8 Å². The molecule has 1 aromatic rings. The normalized spacial score (nSPS) is 22.6. The summed E-state index contributed by atoms with van der Waals surface area (Å²) in [6.07, 6.45) is 2.73. The highest BCUT2D eigenvalue weighted by Crippen LogP contribution is 2.32. The Kier molecular flexibility index (Phi) is 3.78. The van der Waals surface area contributed by atoms with E-state index in [0.29, 0.717) is 13.0 Å². The van der Waals surface area contributed by atoms with Crippen LogP contribution in [-0.4, -0.2) is 36.3 Å². The molecule has 1 atom stereocenters. The van der Waals surface area contributed by atoms with Crippen LogP contribution in [-0.2, 0) is 9.59 Å². The van der Waals surface area contributed by atoms with Gasteiger partial charge in [-0.3, -0.25) is 9.59 Å². The molecule has 2 saturated heterocycles. The second-order valence-electron chi connectivity index (χ2n) is 5.31. The minimum atomic E-state index is -0.486. The maximum Gasteiger partial charge on any atom is 0.239 e. The minimum Gasteiger partial charge on any atom is -0.342 e. The third-order valence-corrected chi connectivity index (χ3v) is 4.74. The molecule has 0 N–H and O–H groups in total. The summed E-state index contributed by atoms with van der Waals surface area (Å²) >= 11 is 3.47. The first-order chi connectivity index (χ1) is 9.68. The lowest BCUT2D eigenvalue weighted by molar-refractivity contribution is -0.139. The zero-order valence-corrected chi connectivity index (χ0v) is 12.8. The average Bonchev–Trinajstić information content (AvgIpc) is 3.09. The Labute approximate surface area is 126 Å². The Morgan fingerprint density at radius 2 is 1.85 bits per heavy atom. The Bertz CT molecular complexity index is 540. The van der Waals surface area contributed by atoms with Gasteiger partial charge in [0.05, 0.1) is 5.69 Å². The number of rotatable bonds is 2. The van der Waals surface area contributed by atoms with Crippen LogP contribution < -0.4 is 4.90 Å². The number of likely N-dealkylation sites (tertiary alicyclic amines) is 1. The molecular weight excluding hydrogens is 320 g/mol. The van der Waals surface area contributed by atoms with E-state index in [0.717, 1.165) is 36.1 Å². The molecule has 0 aromatic heterocycles. The highest BCUT2D eigenvalue weighted by Gasteiger charge is 2.40. The molecule has 0 radical (unpaired) electrons. The summed E-state index contributed by atoms with van der Waals surface area (Å²) < 4.78 is 0.891. The van der Waals surface area contributed by atoms with Crippen LogP contribution in [0, 0.1) is 5.92 Å². The molecule has 0 saturated carbocycles. The molecule has 0 aliphatic carbocycles. The van der Waals surface area contributed by atoms with E-state index in [4.69, 9.17) is 0 Å². The quantitative estimate of drug-likeness (QED) is 0.778. The van der Waals surface area contributed by atoms with E-state index < -0.39 is 5.92 Å². The molecule has 1 aromatic carbocycles. The van der Waals surface area contributed by atoms with Crippen molar-refractivity contribution in [3.63, 3.8) is 0 Å². The molecule has 0 unspecified atom stereocenters. The molecule has 4 nitrogen and oxygen atoms in total. The number of para-hydroxylation sites is 1. The van der Waals surface area contributed by atoms with Gasteiger partial charge in [0, 0.05) is 24.1 Å². The Morgan fingerprint density at radius 3 is 2.55 bits per heavy atom. The van der Waals surface area contributed by atoms with E-state index in [1.165, 1.54) is 0 Å². The van der Waals surface area contributed by atoms with Crippen molar-refractivity contribution in [3.8, 4) is 0 Å². The van der Waals surface area contributed by atoms with Crippen molar-refractivity contribution >= 4 is 33.4 Å². The second kappa shape index (κ2) is 5.56. The molecule has 2 aliphatic heterocycles. The lowest BCUT2D eigenvalue weighted by Gasteiger charge is -2.21. The number of nitrogens with zero attached hydrogens (tertiary/aromatic N) is 2. The van der Waals surface area contributed by atoms with Gasteiger partial charge < -0.3 is 9.80 Å². The van der Waals surface area contributed by atoms with Crippen molar-refractivity contribution in [2.24, 2.45) is 5.92 Å². The lowest BCUT2D eigenvalue weighted by atomic mass is 10.1. The molecule has 5 heteroatoms. The summed E-state index contributed by atoms with van der Waals surface area (Å²) in [6.45, 7) is 2.22. The highest BCUT2D eigenvalue weighted by molar-refractivity contribution is 9.10. The van der Waals surface area contributed by atoms with Crippen molar-refractivity contribution in [2.75, 3.05) is 24.5 Å². The van der Waals surface area contributed by atoms with E-state index in [1.54, 1.807) is 4.90 Å². The van der Waals surface area contributed by atoms with Crippen LogP contribution >= 0.6 is 15.9 Å². The molecule has 2 aliphatic rings. The molecule has 2 amide bonds. The molecule has 0 bridgehead atoms. The first-order valence-corrected chi connectivity index (χ1v) is 7.82. The summed E-state index contributed by atoms with van der Waals surface area (Å²) in [7, 11) is 0. The summed E-state index contributed by atoms with van der Waals surface area (Å²) in [5.74, 6) is -0.531. The monoisotopic (exact) mass is 336 g/mol. The van der Waals surface area contributed by atoms with E-state index in [2.05, 4.69) is 15.9 Å². The predicted molar refractivity (Wildman–Crippen MR) is 80.4 cm³/mol. The van der Waals surface area contributed by atoms with Gasteiger partial charge in [-0.1, -0.05) is 12.1 Å². The number of benzene rings is 1. The van der Waals surface area contributed by atoms with Crippen LogP contribution in [0.2, 0.25) is 0 Å². The van der Waals surface area contributed by atoms with E-state index in [9.17, 15) is 9.59 Å². The number of carbonyl (C=O) groups is 2. The molecule has 2 fully saturated rings. The number of halogens is 1. The van der Waals surface area contributed by atoms with Gasteiger partial charge >= 0.3 is 0 Å². The Hall–Kier alpha value is -1.36. The largest absolute Gasteiger partial charge is 0.342 e. The maximum absolute atomic E-state index is 12.5. The zero-order valence-electron chi connectivity index (χ0n) is 11.2. The zero-order chi connectivity index (χ0) is 14.1. The van der Waals surface area contributed by atoms with Crippen LogP contribution in [0.3, 0.4) is 0 Å². The van der Waals surface area contributed by atoms with Crippen molar-refractivity contribution in [1.82, 2.24) is 4.90 Å². The summed E-state index contributed by atoms with van der Waals surface area (Å²) in [5, 5.41) is 0. The van der Waals surface area contributed by atoms with Gasteiger partial charge in [-0.25, -0.2) is 0 Å². The molecule has 20 heavy (non-hydrogen) atoms.